The number of benzene rings is 1. The average Bonchev–Trinajstić information content (AvgIpc) is 3.08. The Kier molecular flexibility index (Phi) is 7.27. The summed E-state index contributed by atoms with van der Waals surface area (Å²) in [6, 6.07) is 12.4. The molecule has 2 rings (SSSR count). The molecular formula is C21H29ClN2O. The van der Waals surface area contributed by atoms with Crippen molar-refractivity contribution in [3.63, 3.8) is 0 Å². The largest absolute Gasteiger partial charge is 0.341 e. The molecule has 0 saturated carbocycles. The number of carbonyl (C=O) groups excluding carboxylic acids is 1. The fourth-order valence-electron chi connectivity index (χ4n) is 3.08. The molecule has 0 amide bonds. The summed E-state index contributed by atoms with van der Waals surface area (Å²) >= 11 is 6.27. The lowest BCUT2D eigenvalue weighted by Crippen LogP contribution is -2.43. The van der Waals surface area contributed by atoms with Gasteiger partial charge in [0.2, 0.25) is 0 Å². The maximum Gasteiger partial charge on any atom is 0.193 e. The molecular weight excluding hydrogens is 332 g/mol. The van der Waals surface area contributed by atoms with Gasteiger partial charge in [-0.1, -0.05) is 43.6 Å². The SMILES string of the molecule is CCC(C)N(CC(=O)c1cccn1Cc1ccccc1Cl)C(C)CC. The highest BCUT2D eigenvalue weighted by Gasteiger charge is 2.22. The molecule has 1 heterocycles. The van der Waals surface area contributed by atoms with Crippen LogP contribution in [0.1, 0.15) is 56.6 Å². The van der Waals surface area contributed by atoms with E-state index in [0.717, 1.165) is 29.1 Å². The molecule has 0 radical (unpaired) electrons. The van der Waals surface area contributed by atoms with Gasteiger partial charge in [-0.05, 0) is 50.5 Å². The first-order chi connectivity index (χ1) is 12.0. The van der Waals surface area contributed by atoms with Gasteiger partial charge in [-0.15, -0.1) is 0 Å². The third-order valence-electron chi connectivity index (χ3n) is 5.05. The number of carbonyl (C=O) groups is 1. The van der Waals surface area contributed by atoms with Gasteiger partial charge < -0.3 is 4.57 Å². The summed E-state index contributed by atoms with van der Waals surface area (Å²) in [4.78, 5) is 15.3. The molecule has 136 valence electrons. The average molecular weight is 361 g/mol. The minimum atomic E-state index is 0.164. The van der Waals surface area contributed by atoms with E-state index < -0.39 is 0 Å². The van der Waals surface area contributed by atoms with Crippen LogP contribution < -0.4 is 0 Å². The Morgan fingerprint density at radius 1 is 1.08 bits per heavy atom. The van der Waals surface area contributed by atoms with Crippen molar-refractivity contribution in [2.24, 2.45) is 0 Å². The molecule has 2 aromatic rings. The van der Waals surface area contributed by atoms with E-state index in [9.17, 15) is 4.79 Å². The summed E-state index contributed by atoms with van der Waals surface area (Å²) in [5.74, 6) is 0.164. The summed E-state index contributed by atoms with van der Waals surface area (Å²) in [5.41, 5.74) is 1.77. The van der Waals surface area contributed by atoms with Crippen LogP contribution in [-0.2, 0) is 6.54 Å². The van der Waals surface area contributed by atoms with Crippen LogP contribution in [0.3, 0.4) is 0 Å². The molecule has 4 heteroatoms. The minimum absolute atomic E-state index is 0.164. The van der Waals surface area contributed by atoms with Crippen molar-refractivity contribution in [2.45, 2.75) is 59.2 Å². The van der Waals surface area contributed by atoms with Gasteiger partial charge in [-0.25, -0.2) is 0 Å². The van der Waals surface area contributed by atoms with Crippen LogP contribution in [0.25, 0.3) is 0 Å². The highest BCUT2D eigenvalue weighted by atomic mass is 35.5. The Labute approximate surface area is 156 Å². The number of aromatic nitrogens is 1. The maximum absolute atomic E-state index is 13.0. The van der Waals surface area contributed by atoms with Gasteiger partial charge in [0.05, 0.1) is 12.2 Å². The van der Waals surface area contributed by atoms with Crippen LogP contribution in [0, 0.1) is 0 Å². The third-order valence-corrected chi connectivity index (χ3v) is 5.42. The molecule has 0 bridgehead atoms. The van der Waals surface area contributed by atoms with Crippen molar-refractivity contribution in [3.05, 3.63) is 58.9 Å². The van der Waals surface area contributed by atoms with Gasteiger partial charge in [0.1, 0.15) is 0 Å². The van der Waals surface area contributed by atoms with Gasteiger partial charge in [-0.3, -0.25) is 9.69 Å². The second-order valence-electron chi connectivity index (χ2n) is 6.72. The third kappa shape index (κ3) is 4.96. The van der Waals surface area contributed by atoms with Gasteiger partial charge in [0.25, 0.3) is 0 Å². The molecule has 0 aliphatic rings. The van der Waals surface area contributed by atoms with E-state index >= 15 is 0 Å². The molecule has 2 unspecified atom stereocenters. The fraction of sp³-hybridized carbons (Fsp3) is 0.476. The molecule has 1 aromatic heterocycles. The molecule has 0 saturated heterocycles. The Morgan fingerprint density at radius 3 is 2.32 bits per heavy atom. The Balaban J connectivity index is 2.17. The number of Topliss-reactive ketones (excluding diaryl/α,β-unsaturated/α-hetero) is 1. The summed E-state index contributed by atoms with van der Waals surface area (Å²) in [6.07, 6.45) is 4.03. The van der Waals surface area contributed by atoms with E-state index in [1.54, 1.807) is 0 Å². The molecule has 2 atom stereocenters. The van der Waals surface area contributed by atoms with E-state index in [1.165, 1.54) is 0 Å². The summed E-state index contributed by atoms with van der Waals surface area (Å²) in [7, 11) is 0. The number of hydrogen-bond donors (Lipinski definition) is 0. The smallest absolute Gasteiger partial charge is 0.193 e. The Morgan fingerprint density at radius 2 is 1.72 bits per heavy atom. The van der Waals surface area contributed by atoms with Gasteiger partial charge in [0.15, 0.2) is 5.78 Å². The lowest BCUT2D eigenvalue weighted by atomic mass is 10.1. The standard InChI is InChI=1S/C21H29ClN2O/c1-5-16(3)24(17(4)6-2)15-21(25)20-12-9-13-23(20)14-18-10-7-8-11-19(18)22/h7-13,16-17H,5-6,14-15H2,1-4H3. The number of nitrogens with zero attached hydrogens (tertiary/aromatic N) is 2. The highest BCUT2D eigenvalue weighted by molar-refractivity contribution is 6.31. The lowest BCUT2D eigenvalue weighted by Gasteiger charge is -2.33. The number of ketones is 1. The molecule has 0 fully saturated rings. The van der Waals surface area contributed by atoms with Crippen LogP contribution in [0.5, 0.6) is 0 Å². The van der Waals surface area contributed by atoms with Crippen LogP contribution >= 0.6 is 11.6 Å². The van der Waals surface area contributed by atoms with Crippen molar-refractivity contribution in [1.29, 1.82) is 0 Å². The molecule has 3 nitrogen and oxygen atoms in total. The molecule has 25 heavy (non-hydrogen) atoms. The molecule has 0 spiro atoms. The van der Waals surface area contributed by atoms with E-state index in [1.807, 2.05) is 47.2 Å². The Bertz CT molecular complexity index is 685. The van der Waals surface area contributed by atoms with Gasteiger partial charge >= 0.3 is 0 Å². The van der Waals surface area contributed by atoms with Crippen LogP contribution in [0.2, 0.25) is 5.02 Å². The summed E-state index contributed by atoms with van der Waals surface area (Å²) in [6.45, 7) is 9.80. The summed E-state index contributed by atoms with van der Waals surface area (Å²) < 4.78 is 1.99. The second-order valence-corrected chi connectivity index (χ2v) is 7.13. The topological polar surface area (TPSA) is 25.2 Å². The quantitative estimate of drug-likeness (QED) is 0.569. The van der Waals surface area contributed by atoms with Crippen molar-refractivity contribution in [3.8, 4) is 0 Å². The molecule has 0 N–H and O–H groups in total. The first-order valence-electron chi connectivity index (χ1n) is 9.15. The van der Waals surface area contributed by atoms with Crippen LogP contribution in [-0.4, -0.2) is 33.9 Å². The molecule has 1 aromatic carbocycles. The van der Waals surface area contributed by atoms with E-state index in [0.29, 0.717) is 25.2 Å². The number of rotatable bonds is 9. The van der Waals surface area contributed by atoms with E-state index in [-0.39, 0.29) is 5.78 Å². The minimum Gasteiger partial charge on any atom is -0.341 e. The van der Waals surface area contributed by atoms with E-state index in [2.05, 4.69) is 32.6 Å². The Hall–Kier alpha value is -1.58. The zero-order valence-electron chi connectivity index (χ0n) is 15.7. The zero-order valence-corrected chi connectivity index (χ0v) is 16.5. The molecule has 0 aliphatic heterocycles. The number of hydrogen-bond acceptors (Lipinski definition) is 2. The number of halogens is 1. The van der Waals surface area contributed by atoms with Crippen LogP contribution in [0.15, 0.2) is 42.6 Å². The zero-order chi connectivity index (χ0) is 18.4. The van der Waals surface area contributed by atoms with Crippen molar-refractivity contribution >= 4 is 17.4 Å². The van der Waals surface area contributed by atoms with Gasteiger partial charge in [-0.2, -0.15) is 0 Å². The van der Waals surface area contributed by atoms with E-state index in [4.69, 9.17) is 11.6 Å². The predicted octanol–water partition coefficient (Wildman–Crippen LogP) is 5.27. The van der Waals surface area contributed by atoms with Crippen molar-refractivity contribution in [2.75, 3.05) is 6.54 Å². The van der Waals surface area contributed by atoms with Crippen molar-refractivity contribution < 1.29 is 4.79 Å². The maximum atomic E-state index is 13.0. The first kappa shape index (κ1) is 19.7. The predicted molar refractivity (Wildman–Crippen MR) is 106 cm³/mol. The first-order valence-corrected chi connectivity index (χ1v) is 9.53. The highest BCUT2D eigenvalue weighted by Crippen LogP contribution is 2.19. The lowest BCUT2D eigenvalue weighted by molar-refractivity contribution is 0.0823. The van der Waals surface area contributed by atoms with Gasteiger partial charge in [0, 0.05) is 29.8 Å². The normalized spacial score (nSPS) is 13.8. The second kappa shape index (κ2) is 9.21. The van der Waals surface area contributed by atoms with Crippen molar-refractivity contribution in [1.82, 2.24) is 9.47 Å². The monoisotopic (exact) mass is 360 g/mol. The fourth-order valence-corrected chi connectivity index (χ4v) is 3.27. The summed E-state index contributed by atoms with van der Waals surface area (Å²) in [5, 5.41) is 0.732. The van der Waals surface area contributed by atoms with Crippen LogP contribution in [0.4, 0.5) is 0 Å². The molecule has 0 aliphatic carbocycles.